The predicted octanol–water partition coefficient (Wildman–Crippen LogP) is 4.16. The molecule has 3 saturated carbocycles. The molecule has 0 spiro atoms. The summed E-state index contributed by atoms with van der Waals surface area (Å²) in [5.74, 6) is -0.0153. The second-order valence-corrected chi connectivity index (χ2v) is 6.79. The lowest BCUT2D eigenvalue weighted by Crippen LogP contribution is -2.48. The van der Waals surface area contributed by atoms with Crippen molar-refractivity contribution in [2.24, 2.45) is 10.8 Å². The number of methoxy groups -OCH3 is 1. The van der Waals surface area contributed by atoms with E-state index >= 15 is 0 Å². The molecule has 0 aliphatic heterocycles. The molecule has 1 aromatic rings. The third-order valence-electron chi connectivity index (χ3n) is 5.66. The highest BCUT2D eigenvalue weighted by molar-refractivity contribution is 5.77. The molecule has 1 N–H and O–H groups in total. The average Bonchev–Trinajstić information content (AvgIpc) is 2.61. The van der Waals surface area contributed by atoms with Crippen LogP contribution in [-0.4, -0.2) is 19.6 Å². The van der Waals surface area contributed by atoms with Gasteiger partial charge in [0.2, 0.25) is 0 Å². The maximum absolute atomic E-state index is 12.0. The van der Waals surface area contributed by atoms with E-state index in [1.807, 2.05) is 24.3 Å². The largest absolute Gasteiger partial charge is 0.469 e. The number of esters is 1. The summed E-state index contributed by atoms with van der Waals surface area (Å²) < 4.78 is 5.01. The summed E-state index contributed by atoms with van der Waals surface area (Å²) in [5, 5.41) is 3.50. The zero-order valence-corrected chi connectivity index (χ0v) is 13.0. The van der Waals surface area contributed by atoms with E-state index in [4.69, 9.17) is 11.3 Å². The molecule has 4 nitrogen and oxygen atoms in total. The number of ether oxygens (including phenoxy) is 1. The fourth-order valence-electron chi connectivity index (χ4n) is 4.03. The molecule has 3 fully saturated rings. The van der Waals surface area contributed by atoms with Gasteiger partial charge in [-0.15, -0.1) is 0 Å². The minimum absolute atomic E-state index is 0.0153. The number of carbonyl (C=O) groups is 1. The SMILES string of the molecule is [C-]#[N+]c1cccc(NCC23CCC(C(=O)OC)(CC2)CC3)c1. The van der Waals surface area contributed by atoms with Gasteiger partial charge in [-0.05, 0) is 56.1 Å². The van der Waals surface area contributed by atoms with Gasteiger partial charge in [-0.2, -0.15) is 0 Å². The van der Waals surface area contributed by atoms with Crippen LogP contribution in [0.4, 0.5) is 11.4 Å². The molecule has 22 heavy (non-hydrogen) atoms. The Morgan fingerprint density at radius 1 is 1.27 bits per heavy atom. The van der Waals surface area contributed by atoms with Gasteiger partial charge >= 0.3 is 5.97 Å². The van der Waals surface area contributed by atoms with E-state index in [-0.39, 0.29) is 11.4 Å². The maximum atomic E-state index is 12.0. The highest BCUT2D eigenvalue weighted by Crippen LogP contribution is 2.57. The zero-order chi connectivity index (χ0) is 15.6. The Bertz CT molecular complexity index is 593. The van der Waals surface area contributed by atoms with Crippen LogP contribution in [0.5, 0.6) is 0 Å². The molecule has 0 saturated heterocycles. The van der Waals surface area contributed by atoms with Crippen molar-refractivity contribution in [1.29, 1.82) is 0 Å². The molecular weight excluding hydrogens is 276 g/mol. The third-order valence-corrected chi connectivity index (χ3v) is 5.66. The Morgan fingerprint density at radius 3 is 2.55 bits per heavy atom. The Kier molecular flexibility index (Phi) is 3.82. The molecule has 4 heteroatoms. The molecule has 3 aliphatic carbocycles. The number of fused-ring (bicyclic) bond motifs is 3. The molecule has 4 rings (SSSR count). The van der Waals surface area contributed by atoms with E-state index in [2.05, 4.69) is 10.2 Å². The first-order valence-electron chi connectivity index (χ1n) is 7.91. The van der Waals surface area contributed by atoms with Crippen molar-refractivity contribution in [3.63, 3.8) is 0 Å². The van der Waals surface area contributed by atoms with Crippen LogP contribution in [0.25, 0.3) is 4.85 Å². The molecule has 2 bridgehead atoms. The monoisotopic (exact) mass is 298 g/mol. The summed E-state index contributed by atoms with van der Waals surface area (Å²) in [6.45, 7) is 8.00. The van der Waals surface area contributed by atoms with Crippen LogP contribution in [0.3, 0.4) is 0 Å². The van der Waals surface area contributed by atoms with Gasteiger partial charge in [-0.25, -0.2) is 4.85 Å². The van der Waals surface area contributed by atoms with E-state index in [1.54, 1.807) is 0 Å². The Morgan fingerprint density at radius 2 is 1.95 bits per heavy atom. The quantitative estimate of drug-likeness (QED) is 0.670. The van der Waals surface area contributed by atoms with Crippen LogP contribution in [0.2, 0.25) is 0 Å². The summed E-state index contributed by atoms with van der Waals surface area (Å²) >= 11 is 0. The Balaban J connectivity index is 1.63. The number of hydrogen-bond acceptors (Lipinski definition) is 3. The molecule has 116 valence electrons. The van der Waals surface area contributed by atoms with Crippen molar-refractivity contribution in [1.82, 2.24) is 0 Å². The van der Waals surface area contributed by atoms with Crippen LogP contribution in [0, 0.1) is 17.4 Å². The third kappa shape index (κ3) is 2.56. The van der Waals surface area contributed by atoms with Crippen LogP contribution >= 0.6 is 0 Å². The normalized spacial score (nSPS) is 29.6. The second kappa shape index (κ2) is 5.64. The van der Waals surface area contributed by atoms with Crippen molar-refractivity contribution >= 4 is 17.3 Å². The van der Waals surface area contributed by atoms with E-state index in [1.165, 1.54) is 7.11 Å². The van der Waals surface area contributed by atoms with Gasteiger partial charge in [0.15, 0.2) is 5.69 Å². The van der Waals surface area contributed by atoms with E-state index in [0.717, 1.165) is 50.8 Å². The Labute approximate surface area is 131 Å². The van der Waals surface area contributed by atoms with Crippen molar-refractivity contribution in [2.45, 2.75) is 38.5 Å². The Hall–Kier alpha value is -2.02. The van der Waals surface area contributed by atoms with Crippen LogP contribution in [0.1, 0.15) is 38.5 Å². The van der Waals surface area contributed by atoms with Crippen LogP contribution < -0.4 is 5.32 Å². The number of rotatable bonds is 4. The van der Waals surface area contributed by atoms with Gasteiger partial charge in [-0.3, -0.25) is 4.79 Å². The van der Waals surface area contributed by atoms with Crippen molar-refractivity contribution < 1.29 is 9.53 Å². The molecule has 0 atom stereocenters. The van der Waals surface area contributed by atoms with Gasteiger partial charge in [0.1, 0.15) is 0 Å². The average molecular weight is 298 g/mol. The van der Waals surface area contributed by atoms with Gasteiger partial charge in [0.05, 0.1) is 19.1 Å². The predicted molar refractivity (Wildman–Crippen MR) is 85.8 cm³/mol. The van der Waals surface area contributed by atoms with Crippen molar-refractivity contribution in [3.05, 3.63) is 35.7 Å². The molecule has 0 radical (unpaired) electrons. The van der Waals surface area contributed by atoms with Gasteiger partial charge in [-0.1, -0.05) is 12.1 Å². The first-order chi connectivity index (χ1) is 10.6. The second-order valence-electron chi connectivity index (χ2n) is 6.79. The number of nitrogens with one attached hydrogen (secondary N) is 1. The van der Waals surface area contributed by atoms with Gasteiger partial charge in [0.25, 0.3) is 0 Å². The minimum Gasteiger partial charge on any atom is -0.469 e. The summed E-state index contributed by atoms with van der Waals surface area (Å²) in [7, 11) is 1.50. The van der Waals surface area contributed by atoms with Crippen molar-refractivity contribution in [3.8, 4) is 0 Å². The summed E-state index contributed by atoms with van der Waals surface area (Å²) in [6, 6.07) is 7.64. The number of benzene rings is 1. The zero-order valence-electron chi connectivity index (χ0n) is 13.0. The van der Waals surface area contributed by atoms with E-state index in [9.17, 15) is 4.79 Å². The standard InChI is InChI=1S/C18H22N2O2/c1-19-14-4-3-5-15(12-14)20-13-17-6-9-18(10-7-17,11-8-17)16(21)22-2/h3-5,12,20H,6-11,13H2,2H3. The highest BCUT2D eigenvalue weighted by atomic mass is 16.5. The summed E-state index contributed by atoms with van der Waals surface area (Å²) in [6.07, 6.45) is 6.09. The summed E-state index contributed by atoms with van der Waals surface area (Å²) in [5.41, 5.74) is 1.77. The molecule has 3 aliphatic rings. The molecule has 0 unspecified atom stereocenters. The summed E-state index contributed by atoms with van der Waals surface area (Å²) in [4.78, 5) is 15.5. The lowest BCUT2D eigenvalue weighted by atomic mass is 9.53. The molecule has 0 heterocycles. The van der Waals surface area contributed by atoms with Crippen LogP contribution in [0.15, 0.2) is 24.3 Å². The fraction of sp³-hybridized carbons (Fsp3) is 0.556. The number of anilines is 1. The van der Waals surface area contributed by atoms with E-state index < -0.39 is 0 Å². The topological polar surface area (TPSA) is 42.7 Å². The van der Waals surface area contributed by atoms with Gasteiger partial charge in [0, 0.05) is 12.2 Å². The first kappa shape index (κ1) is 14.9. The van der Waals surface area contributed by atoms with Gasteiger partial charge < -0.3 is 10.1 Å². The lowest BCUT2D eigenvalue weighted by molar-refractivity contribution is -0.162. The molecular formula is C18H22N2O2. The first-order valence-corrected chi connectivity index (χ1v) is 7.91. The molecule has 1 aromatic carbocycles. The smallest absolute Gasteiger partial charge is 0.311 e. The number of carbonyl (C=O) groups excluding carboxylic acids is 1. The fourth-order valence-corrected chi connectivity index (χ4v) is 4.03. The van der Waals surface area contributed by atoms with Crippen molar-refractivity contribution in [2.75, 3.05) is 19.0 Å². The van der Waals surface area contributed by atoms with Crippen LogP contribution in [-0.2, 0) is 9.53 Å². The van der Waals surface area contributed by atoms with E-state index in [0.29, 0.717) is 11.1 Å². The number of nitrogens with zero attached hydrogens (tertiary/aromatic N) is 1. The maximum Gasteiger partial charge on any atom is 0.311 e. The minimum atomic E-state index is -0.208. The highest BCUT2D eigenvalue weighted by Gasteiger charge is 2.52. The molecule has 0 amide bonds. The lowest BCUT2D eigenvalue weighted by Gasteiger charge is -2.52. The molecule has 0 aromatic heterocycles. The number of hydrogen-bond donors (Lipinski definition) is 1.